The molecule has 2 heteroatoms. The topological polar surface area (TPSA) is 0 Å². The van der Waals surface area contributed by atoms with Crippen LogP contribution < -0.4 is 0 Å². The Hall–Kier alpha value is -0.521. The Morgan fingerprint density at radius 3 is 1.82 bits per heavy atom. The Morgan fingerprint density at radius 1 is 0.600 bits per heavy atom. The van der Waals surface area contributed by atoms with Crippen LogP contribution in [0.15, 0.2) is 36.4 Å². The van der Waals surface area contributed by atoms with E-state index in [1.54, 1.807) is 31.7 Å². The predicted molar refractivity (Wildman–Crippen MR) is 225 cm³/mol. The molecule has 280 valence electrons. The van der Waals surface area contributed by atoms with E-state index < -0.39 is 0 Å². The van der Waals surface area contributed by atoms with Gasteiger partial charge in [0.1, 0.15) is 0 Å². The molecule has 0 nitrogen and oxygen atoms in total. The van der Waals surface area contributed by atoms with Gasteiger partial charge in [0.2, 0.25) is 0 Å². The maximum absolute atomic E-state index is 2.62. The number of rotatable bonds is 15. The van der Waals surface area contributed by atoms with Crippen LogP contribution in [-0.4, -0.2) is 29.0 Å². The minimum atomic E-state index is 0.557. The SMILES string of the molecule is CCCC=Cc1ccc(C2=CCC(C3CCC(CCC)CC3)CC2)[se]1.CCCCCc1ccc(C2CCC(C3CCC(CCC)CC3)CC2)[se]1. The molecule has 0 N–H and O–H groups in total. The molecule has 1 unspecified atom stereocenters. The number of hydrogen-bond donors (Lipinski definition) is 0. The van der Waals surface area contributed by atoms with E-state index in [1.165, 1.54) is 148 Å². The third kappa shape index (κ3) is 12.8. The van der Waals surface area contributed by atoms with Crippen molar-refractivity contribution in [1.29, 1.82) is 0 Å². The maximum atomic E-state index is 2.62. The van der Waals surface area contributed by atoms with Gasteiger partial charge in [0.15, 0.2) is 0 Å². The van der Waals surface area contributed by atoms with E-state index in [9.17, 15) is 0 Å². The van der Waals surface area contributed by atoms with E-state index in [0.29, 0.717) is 29.0 Å². The third-order valence-electron chi connectivity index (χ3n) is 13.5. The van der Waals surface area contributed by atoms with E-state index in [1.807, 2.05) is 4.44 Å². The summed E-state index contributed by atoms with van der Waals surface area (Å²) in [5.74, 6) is 7.24. The first-order valence-electron chi connectivity index (χ1n) is 22.1. The predicted octanol–water partition coefficient (Wildman–Crippen LogP) is 14.7. The Balaban J connectivity index is 0.000000194. The van der Waals surface area contributed by atoms with Crippen LogP contribution in [0.5, 0.6) is 0 Å². The Morgan fingerprint density at radius 2 is 1.24 bits per heavy atom. The van der Waals surface area contributed by atoms with Gasteiger partial charge in [-0.25, -0.2) is 0 Å². The van der Waals surface area contributed by atoms with Crippen LogP contribution in [0.3, 0.4) is 0 Å². The summed E-state index contributed by atoms with van der Waals surface area (Å²) in [6.07, 6.45) is 43.5. The zero-order chi connectivity index (χ0) is 35.0. The molecular weight excluding hydrogens is 734 g/mol. The quantitative estimate of drug-likeness (QED) is 0.124. The standard InChI is InChI=1S/C24H40Se.C24H36Se/c2*1-3-5-6-8-23-17-18-24(25-23)22-15-13-21(14-16-22)20-11-9-19(7-4-2)10-12-20/h17-22H,3-16H2,1-2H3;6,8,15,17-21H,3-5,7,9-14,16H2,1-2H3. The molecule has 0 amide bonds. The van der Waals surface area contributed by atoms with E-state index in [2.05, 4.69) is 70.2 Å². The van der Waals surface area contributed by atoms with Crippen LogP contribution >= 0.6 is 0 Å². The number of unbranched alkanes of at least 4 members (excludes halogenated alkanes) is 3. The second-order valence-corrected chi connectivity index (χ2v) is 22.0. The number of hydrogen-bond acceptors (Lipinski definition) is 0. The zero-order valence-corrected chi connectivity index (χ0v) is 36.5. The summed E-state index contributed by atoms with van der Waals surface area (Å²) >= 11 is 1.27. The molecule has 4 aliphatic carbocycles. The Labute approximate surface area is 322 Å². The molecule has 3 fully saturated rings. The summed E-state index contributed by atoms with van der Waals surface area (Å²) in [6.45, 7) is 9.27. The second kappa shape index (κ2) is 22.6. The van der Waals surface area contributed by atoms with Gasteiger partial charge in [-0.05, 0) is 0 Å². The average molecular weight is 811 g/mol. The first-order valence-corrected chi connectivity index (χ1v) is 25.6. The van der Waals surface area contributed by atoms with Gasteiger partial charge in [-0.1, -0.05) is 0 Å². The van der Waals surface area contributed by atoms with Gasteiger partial charge < -0.3 is 0 Å². The van der Waals surface area contributed by atoms with Crippen LogP contribution in [0, 0.1) is 35.5 Å². The molecule has 0 aliphatic heterocycles. The van der Waals surface area contributed by atoms with Crippen LogP contribution in [0.4, 0.5) is 0 Å². The number of aryl methyl sites for hydroxylation is 1. The van der Waals surface area contributed by atoms with Crippen molar-refractivity contribution in [2.45, 2.75) is 194 Å². The summed E-state index contributed by atoms with van der Waals surface area (Å²) in [6, 6.07) is 9.80. The minimum absolute atomic E-state index is 0.557. The van der Waals surface area contributed by atoms with Crippen LogP contribution in [-0.2, 0) is 6.42 Å². The molecule has 0 saturated heterocycles. The van der Waals surface area contributed by atoms with Crippen LogP contribution in [0.2, 0.25) is 0 Å². The summed E-state index contributed by atoms with van der Waals surface area (Å²) in [7, 11) is 0. The van der Waals surface area contributed by atoms with Gasteiger partial charge in [-0.2, -0.15) is 0 Å². The van der Waals surface area contributed by atoms with Crippen LogP contribution in [0.25, 0.3) is 11.6 Å². The molecule has 3 saturated carbocycles. The molecular formula is C48H76Se2. The van der Waals surface area contributed by atoms with Crippen molar-refractivity contribution < 1.29 is 0 Å². The summed E-state index contributed by atoms with van der Waals surface area (Å²) in [5, 5.41) is 0. The molecule has 0 bridgehead atoms. The van der Waals surface area contributed by atoms with E-state index in [4.69, 9.17) is 0 Å². The van der Waals surface area contributed by atoms with Crippen molar-refractivity contribution in [2.75, 3.05) is 0 Å². The molecule has 2 aromatic rings. The fourth-order valence-corrected chi connectivity index (χ4v) is 15.1. The molecule has 6 rings (SSSR count). The van der Waals surface area contributed by atoms with Crippen molar-refractivity contribution in [3.05, 3.63) is 54.2 Å². The van der Waals surface area contributed by atoms with Crippen molar-refractivity contribution in [1.82, 2.24) is 0 Å². The van der Waals surface area contributed by atoms with Gasteiger partial charge in [0.05, 0.1) is 0 Å². The first-order chi connectivity index (χ1) is 24.6. The monoisotopic (exact) mass is 812 g/mol. The third-order valence-corrected chi connectivity index (χ3v) is 18.6. The summed E-state index contributed by atoms with van der Waals surface area (Å²) < 4.78 is 6.86. The first kappa shape index (κ1) is 40.7. The number of allylic oxidation sites excluding steroid dienone is 3. The molecule has 2 heterocycles. The fraction of sp³-hybridized carbons (Fsp3) is 0.750. The normalized spacial score (nSPS) is 29.0. The van der Waals surface area contributed by atoms with Crippen molar-refractivity contribution >= 4 is 40.7 Å². The molecule has 0 radical (unpaired) electrons. The molecule has 0 aromatic carbocycles. The van der Waals surface area contributed by atoms with Gasteiger partial charge >= 0.3 is 324 Å². The van der Waals surface area contributed by atoms with Gasteiger partial charge in [0, 0.05) is 0 Å². The van der Waals surface area contributed by atoms with Crippen molar-refractivity contribution in [3.63, 3.8) is 0 Å². The van der Waals surface area contributed by atoms with Crippen LogP contribution in [0.1, 0.15) is 205 Å². The molecule has 4 aliphatic rings. The molecule has 50 heavy (non-hydrogen) atoms. The summed E-state index contributed by atoms with van der Waals surface area (Å²) in [4.78, 5) is 0. The van der Waals surface area contributed by atoms with E-state index in [-0.39, 0.29) is 0 Å². The van der Waals surface area contributed by atoms with Gasteiger partial charge in [0.25, 0.3) is 0 Å². The molecule has 1 atom stereocenters. The Bertz CT molecular complexity index is 1230. The molecule has 0 spiro atoms. The van der Waals surface area contributed by atoms with E-state index >= 15 is 0 Å². The second-order valence-electron chi connectivity index (χ2n) is 17.2. The van der Waals surface area contributed by atoms with Gasteiger partial charge in [-0.3, -0.25) is 0 Å². The average Bonchev–Trinajstić information content (AvgIpc) is 3.84. The summed E-state index contributed by atoms with van der Waals surface area (Å²) in [5.41, 5.74) is 1.69. The van der Waals surface area contributed by atoms with E-state index in [0.717, 1.165) is 41.4 Å². The fourth-order valence-electron chi connectivity index (χ4n) is 10.4. The van der Waals surface area contributed by atoms with Crippen molar-refractivity contribution in [2.24, 2.45) is 35.5 Å². The molecule has 2 aromatic heterocycles. The van der Waals surface area contributed by atoms with Gasteiger partial charge in [-0.15, -0.1) is 0 Å². The Kier molecular flexibility index (Phi) is 18.4. The van der Waals surface area contributed by atoms with Crippen molar-refractivity contribution in [3.8, 4) is 0 Å². The zero-order valence-electron chi connectivity index (χ0n) is 33.1.